The maximum Gasteiger partial charge on any atom is 0.335 e. The highest BCUT2D eigenvalue weighted by Gasteiger charge is 2.05. The second-order valence-electron chi connectivity index (χ2n) is 5.83. The summed E-state index contributed by atoms with van der Waals surface area (Å²) in [6, 6.07) is 19.2. The van der Waals surface area contributed by atoms with Gasteiger partial charge in [-0.15, -0.1) is 0 Å². The monoisotopic (exact) mass is 414 g/mol. The number of para-hydroxylation sites is 1. The van der Waals surface area contributed by atoms with E-state index < -0.39 is 5.97 Å². The van der Waals surface area contributed by atoms with Crippen LogP contribution in [0.15, 0.2) is 71.8 Å². The molecule has 3 rings (SSSR count). The van der Waals surface area contributed by atoms with Gasteiger partial charge < -0.3 is 9.84 Å². The molecule has 0 aliphatic rings. The molecule has 0 saturated heterocycles. The second-order valence-corrected chi connectivity index (χ2v) is 6.65. The Morgan fingerprint density at radius 1 is 1.04 bits per heavy atom. The number of carboxylic acids is 1. The molecule has 0 unspecified atom stereocenters. The molecule has 28 heavy (non-hydrogen) atoms. The molecule has 2 N–H and O–H groups in total. The first-order valence-electron chi connectivity index (χ1n) is 8.31. The molecule has 0 aliphatic heterocycles. The number of hydrazone groups is 1. The lowest BCUT2D eigenvalue weighted by atomic mass is 10.2. The summed E-state index contributed by atoms with van der Waals surface area (Å²) in [6.45, 7) is 0.329. The molecule has 0 aromatic heterocycles. The van der Waals surface area contributed by atoms with Gasteiger partial charge in [-0.3, -0.25) is 5.43 Å². The van der Waals surface area contributed by atoms with Crippen molar-refractivity contribution in [3.05, 3.63) is 93.5 Å². The van der Waals surface area contributed by atoms with Crippen LogP contribution in [0.5, 0.6) is 5.75 Å². The average Bonchev–Trinajstić information content (AvgIpc) is 2.70. The van der Waals surface area contributed by atoms with Crippen LogP contribution in [0.25, 0.3) is 0 Å². The fraction of sp³-hybridized carbons (Fsp3) is 0.0476. The Kier molecular flexibility index (Phi) is 6.53. The molecule has 0 fully saturated rings. The van der Waals surface area contributed by atoms with E-state index in [1.807, 2.05) is 30.3 Å². The number of ether oxygens (including phenoxy) is 1. The molecule has 0 heterocycles. The highest BCUT2D eigenvalue weighted by molar-refractivity contribution is 6.42. The maximum absolute atomic E-state index is 11.0. The van der Waals surface area contributed by atoms with Gasteiger partial charge in [0.05, 0.1) is 27.5 Å². The summed E-state index contributed by atoms with van der Waals surface area (Å²) in [5, 5.41) is 14.2. The first kappa shape index (κ1) is 19.7. The summed E-state index contributed by atoms with van der Waals surface area (Å²) in [6.07, 6.45) is 1.61. The summed E-state index contributed by atoms with van der Waals surface area (Å²) >= 11 is 12.0. The van der Waals surface area contributed by atoms with Crippen molar-refractivity contribution in [1.82, 2.24) is 0 Å². The number of aromatic carboxylic acids is 1. The first-order chi connectivity index (χ1) is 13.5. The van der Waals surface area contributed by atoms with Gasteiger partial charge in [-0.25, -0.2) is 4.79 Å². The lowest BCUT2D eigenvalue weighted by Gasteiger charge is -2.10. The molecule has 142 valence electrons. The Bertz CT molecular complexity index is 1020. The van der Waals surface area contributed by atoms with E-state index in [2.05, 4.69) is 10.5 Å². The van der Waals surface area contributed by atoms with E-state index in [4.69, 9.17) is 33.0 Å². The molecule has 5 nitrogen and oxygen atoms in total. The minimum atomic E-state index is -0.992. The smallest absolute Gasteiger partial charge is 0.335 e. The summed E-state index contributed by atoms with van der Waals surface area (Å²) in [7, 11) is 0. The summed E-state index contributed by atoms with van der Waals surface area (Å²) in [4.78, 5) is 11.0. The van der Waals surface area contributed by atoms with Crippen LogP contribution in [0.3, 0.4) is 0 Å². The quantitative estimate of drug-likeness (QED) is 0.383. The summed E-state index contributed by atoms with van der Waals surface area (Å²) < 4.78 is 5.87. The normalized spacial score (nSPS) is 10.8. The number of carbonyl (C=O) groups is 1. The van der Waals surface area contributed by atoms with Crippen molar-refractivity contribution in [1.29, 1.82) is 0 Å². The summed E-state index contributed by atoms with van der Waals surface area (Å²) in [5.41, 5.74) is 5.24. The number of hydrogen-bond donors (Lipinski definition) is 2. The number of nitrogens with one attached hydrogen (secondary N) is 1. The zero-order valence-corrected chi connectivity index (χ0v) is 16.1. The van der Waals surface area contributed by atoms with Crippen molar-refractivity contribution < 1.29 is 14.6 Å². The first-order valence-corrected chi connectivity index (χ1v) is 9.07. The van der Waals surface area contributed by atoms with Crippen LogP contribution in [0.4, 0.5) is 5.69 Å². The molecule has 7 heteroatoms. The van der Waals surface area contributed by atoms with Crippen LogP contribution < -0.4 is 10.2 Å². The third-order valence-corrected chi connectivity index (χ3v) is 4.54. The Morgan fingerprint density at radius 3 is 2.64 bits per heavy atom. The minimum absolute atomic E-state index is 0.186. The molecule has 0 atom stereocenters. The largest absolute Gasteiger partial charge is 0.488 e. The third-order valence-electron chi connectivity index (χ3n) is 3.80. The SMILES string of the molecule is O=C(O)c1cccc(NN=Cc2ccccc2OCc2ccc(Cl)c(Cl)c2)c1. The van der Waals surface area contributed by atoms with Gasteiger partial charge in [0.1, 0.15) is 12.4 Å². The number of benzene rings is 3. The molecular weight excluding hydrogens is 399 g/mol. The topological polar surface area (TPSA) is 70.9 Å². The van der Waals surface area contributed by atoms with Gasteiger partial charge in [0.15, 0.2) is 0 Å². The fourth-order valence-electron chi connectivity index (χ4n) is 2.41. The van der Waals surface area contributed by atoms with Crippen molar-refractivity contribution >= 4 is 41.1 Å². The van der Waals surface area contributed by atoms with Crippen molar-refractivity contribution in [3.8, 4) is 5.75 Å². The van der Waals surface area contributed by atoms with Crippen LogP contribution in [-0.4, -0.2) is 17.3 Å². The Labute approximate surface area is 172 Å². The number of anilines is 1. The van der Waals surface area contributed by atoms with Gasteiger partial charge in [-0.05, 0) is 48.0 Å². The Morgan fingerprint density at radius 2 is 1.86 bits per heavy atom. The van der Waals surface area contributed by atoms with E-state index in [0.717, 1.165) is 11.1 Å². The van der Waals surface area contributed by atoms with E-state index in [9.17, 15) is 4.79 Å². The second kappa shape index (κ2) is 9.26. The number of hydrogen-bond acceptors (Lipinski definition) is 4. The molecule has 3 aromatic carbocycles. The van der Waals surface area contributed by atoms with Crippen LogP contribution >= 0.6 is 23.2 Å². The number of nitrogens with zero attached hydrogens (tertiary/aromatic N) is 1. The fourth-order valence-corrected chi connectivity index (χ4v) is 2.73. The molecule has 0 radical (unpaired) electrons. The van der Waals surface area contributed by atoms with Crippen LogP contribution in [0.2, 0.25) is 10.0 Å². The van der Waals surface area contributed by atoms with Gasteiger partial charge in [0.25, 0.3) is 0 Å². The van der Waals surface area contributed by atoms with Crippen molar-refractivity contribution in [2.75, 3.05) is 5.43 Å². The average molecular weight is 415 g/mol. The molecular formula is C21H16Cl2N2O3. The minimum Gasteiger partial charge on any atom is -0.488 e. The lowest BCUT2D eigenvalue weighted by molar-refractivity contribution is 0.0697. The van der Waals surface area contributed by atoms with Crippen LogP contribution in [0, 0.1) is 0 Å². The van der Waals surface area contributed by atoms with E-state index >= 15 is 0 Å². The van der Waals surface area contributed by atoms with Gasteiger partial charge >= 0.3 is 5.97 Å². The Hall–Kier alpha value is -3.02. The van der Waals surface area contributed by atoms with Crippen molar-refractivity contribution in [2.24, 2.45) is 5.10 Å². The van der Waals surface area contributed by atoms with Gasteiger partial charge in [-0.2, -0.15) is 5.10 Å². The van der Waals surface area contributed by atoms with Crippen LogP contribution in [-0.2, 0) is 6.61 Å². The zero-order valence-electron chi connectivity index (χ0n) is 14.6. The van der Waals surface area contributed by atoms with Crippen molar-refractivity contribution in [2.45, 2.75) is 6.61 Å². The van der Waals surface area contributed by atoms with Gasteiger partial charge in [0.2, 0.25) is 0 Å². The Balaban J connectivity index is 1.68. The van der Waals surface area contributed by atoms with E-state index in [-0.39, 0.29) is 5.56 Å². The molecule has 0 amide bonds. The standard InChI is InChI=1S/C21H16Cl2N2O3/c22-18-9-8-14(10-19(18)23)13-28-20-7-2-1-4-16(20)12-24-25-17-6-3-5-15(11-17)21(26)27/h1-12,25H,13H2,(H,26,27). The predicted molar refractivity (Wildman–Crippen MR) is 112 cm³/mol. The molecule has 3 aromatic rings. The predicted octanol–water partition coefficient (Wildman–Crippen LogP) is 5.72. The van der Waals surface area contributed by atoms with E-state index in [0.29, 0.717) is 28.1 Å². The molecule has 0 saturated carbocycles. The molecule has 0 aliphatic carbocycles. The zero-order chi connectivity index (χ0) is 19.9. The highest BCUT2D eigenvalue weighted by atomic mass is 35.5. The van der Waals surface area contributed by atoms with E-state index in [1.165, 1.54) is 12.1 Å². The molecule has 0 spiro atoms. The molecule has 0 bridgehead atoms. The van der Waals surface area contributed by atoms with Gasteiger partial charge in [0, 0.05) is 5.56 Å². The third kappa shape index (κ3) is 5.25. The van der Waals surface area contributed by atoms with Crippen LogP contribution in [0.1, 0.15) is 21.5 Å². The number of rotatable bonds is 7. The van der Waals surface area contributed by atoms with Crippen molar-refractivity contribution in [3.63, 3.8) is 0 Å². The highest BCUT2D eigenvalue weighted by Crippen LogP contribution is 2.24. The lowest BCUT2D eigenvalue weighted by Crippen LogP contribution is -2.00. The maximum atomic E-state index is 11.0. The van der Waals surface area contributed by atoms with Gasteiger partial charge in [-0.1, -0.05) is 47.5 Å². The number of halogens is 2. The summed E-state index contributed by atoms with van der Waals surface area (Å²) in [5.74, 6) is -0.341. The van der Waals surface area contributed by atoms with E-state index in [1.54, 1.807) is 30.5 Å². The number of carboxylic acid groups (broad SMARTS) is 1.